The third kappa shape index (κ3) is 5.36. The summed E-state index contributed by atoms with van der Waals surface area (Å²) in [5.41, 5.74) is -0.0788. The van der Waals surface area contributed by atoms with E-state index in [0.29, 0.717) is 0 Å². The molecule has 2 heterocycles. The van der Waals surface area contributed by atoms with Crippen molar-refractivity contribution < 1.29 is 23.9 Å². The van der Waals surface area contributed by atoms with Gasteiger partial charge in [-0.15, -0.1) is 0 Å². The van der Waals surface area contributed by atoms with Crippen LogP contribution in [-0.2, 0) is 19.1 Å². The van der Waals surface area contributed by atoms with Crippen LogP contribution in [0, 0.1) is 27.9 Å². The van der Waals surface area contributed by atoms with Crippen molar-refractivity contribution in [2.24, 2.45) is 5.11 Å². The van der Waals surface area contributed by atoms with Gasteiger partial charge >= 0.3 is 11.9 Å². The lowest BCUT2D eigenvalue weighted by atomic mass is 10.0. The molecule has 0 bridgehead atoms. The van der Waals surface area contributed by atoms with Gasteiger partial charge in [-0.3, -0.25) is 19.6 Å². The highest BCUT2D eigenvalue weighted by atomic mass is 16.5. The molecule has 2 unspecified atom stereocenters. The number of ether oxygens (including phenoxy) is 2. The van der Waals surface area contributed by atoms with Crippen LogP contribution in [0.4, 0.5) is 11.4 Å². The topological polar surface area (TPSA) is 164 Å². The fraction of sp³-hybridized carbons (Fsp3) is 0.300. The van der Waals surface area contributed by atoms with Crippen LogP contribution in [0.2, 0.25) is 0 Å². The molecule has 0 aliphatic rings. The Balaban J connectivity index is 2.53. The highest BCUT2D eigenvalue weighted by Gasteiger charge is 2.30. The van der Waals surface area contributed by atoms with E-state index in [1.165, 1.54) is 30.7 Å². The molecule has 31 heavy (non-hydrogen) atoms. The van der Waals surface area contributed by atoms with Gasteiger partial charge in [-0.25, -0.2) is 0 Å². The van der Waals surface area contributed by atoms with Crippen molar-refractivity contribution in [3.63, 3.8) is 0 Å². The first kappa shape index (κ1) is 22.9. The van der Waals surface area contributed by atoms with Crippen LogP contribution in [-0.4, -0.2) is 40.0 Å². The predicted octanol–water partition coefficient (Wildman–Crippen LogP) is 2.74. The maximum Gasteiger partial charge on any atom is 0.328 e. The van der Waals surface area contributed by atoms with E-state index in [9.17, 15) is 25.3 Å². The van der Waals surface area contributed by atoms with Gasteiger partial charge in [0.2, 0.25) is 0 Å². The molecular weight excluding hydrogens is 404 g/mol. The predicted molar refractivity (Wildman–Crippen MR) is 104 cm³/mol. The van der Waals surface area contributed by atoms with Crippen molar-refractivity contribution in [1.82, 2.24) is 9.97 Å². The normalized spacial score (nSPS) is 12.7. The van der Waals surface area contributed by atoms with E-state index in [1.54, 1.807) is 19.9 Å². The summed E-state index contributed by atoms with van der Waals surface area (Å²) in [6.07, 6.45) is 5.00. The van der Waals surface area contributed by atoms with E-state index in [2.05, 4.69) is 15.1 Å². The number of pyridine rings is 2. The quantitative estimate of drug-likeness (QED) is 0.269. The fourth-order valence-electron chi connectivity index (χ4n) is 2.63. The van der Waals surface area contributed by atoms with E-state index in [1.807, 2.05) is 6.07 Å². The van der Waals surface area contributed by atoms with Gasteiger partial charge in [-0.05, 0) is 30.8 Å². The number of carbonyl (C=O) groups is 2. The number of esters is 2. The lowest BCUT2D eigenvalue weighted by Gasteiger charge is -2.12. The molecule has 0 saturated heterocycles. The van der Waals surface area contributed by atoms with Crippen molar-refractivity contribution in [3.05, 3.63) is 53.3 Å². The molecule has 0 amide bonds. The molecule has 11 nitrogen and oxygen atoms in total. The molecule has 2 aromatic heterocycles. The Bertz CT molecular complexity index is 1070. The zero-order valence-corrected chi connectivity index (χ0v) is 16.8. The summed E-state index contributed by atoms with van der Waals surface area (Å²) in [5, 5.41) is 35.5. The van der Waals surface area contributed by atoms with Crippen LogP contribution in [0.15, 0.2) is 42.0 Å². The van der Waals surface area contributed by atoms with Crippen molar-refractivity contribution >= 4 is 23.3 Å². The maximum absolute atomic E-state index is 12.8. The van der Waals surface area contributed by atoms with Gasteiger partial charge in [0.25, 0.3) is 5.69 Å². The molecule has 2 aromatic rings. The first-order valence-corrected chi connectivity index (χ1v) is 9.17. The highest BCUT2D eigenvalue weighted by Crippen LogP contribution is 2.31. The Morgan fingerprint density at radius 2 is 1.55 bits per heavy atom. The van der Waals surface area contributed by atoms with Crippen molar-refractivity contribution in [3.8, 4) is 12.1 Å². The SMILES string of the molecule is CCOC(=O)C(C#N)c1ccncc1N=[N+]([O-])c1cnccc1C(C#N)C(=O)OCC. The number of azo groups is 1. The molecule has 0 saturated carbocycles. The van der Waals surface area contributed by atoms with E-state index in [4.69, 9.17) is 9.47 Å². The van der Waals surface area contributed by atoms with E-state index >= 15 is 0 Å². The van der Waals surface area contributed by atoms with Gasteiger partial charge in [-0.2, -0.15) is 10.5 Å². The molecule has 0 N–H and O–H groups in total. The Morgan fingerprint density at radius 1 is 1.03 bits per heavy atom. The second-order valence-corrected chi connectivity index (χ2v) is 5.87. The molecule has 0 radical (unpaired) electrons. The second-order valence-electron chi connectivity index (χ2n) is 5.87. The third-order valence-corrected chi connectivity index (χ3v) is 3.99. The second kappa shape index (κ2) is 11.0. The largest absolute Gasteiger partial charge is 0.594 e. The summed E-state index contributed by atoms with van der Waals surface area (Å²) in [6.45, 7) is 3.33. The van der Waals surface area contributed by atoms with Crippen LogP contribution in [0.5, 0.6) is 0 Å². The minimum atomic E-state index is -1.37. The number of hydrogen-bond donors (Lipinski definition) is 0. The van der Waals surface area contributed by atoms with E-state index < -0.39 is 23.8 Å². The standard InChI is InChI=1S/C20H18N6O5/c1-3-30-19(27)15(9-21)13-5-7-23-11-17(13)25-26(29)18-12-24-8-6-14(18)16(10-22)20(28)31-4-2/h5-8,11-12,15-16H,3-4H2,1-2H3. The smallest absolute Gasteiger partial charge is 0.328 e. The van der Waals surface area contributed by atoms with Gasteiger partial charge in [0.1, 0.15) is 6.20 Å². The fourth-order valence-corrected chi connectivity index (χ4v) is 2.63. The van der Waals surface area contributed by atoms with Crippen LogP contribution in [0.1, 0.15) is 36.8 Å². The first-order valence-electron chi connectivity index (χ1n) is 9.17. The Morgan fingerprint density at radius 3 is 2.10 bits per heavy atom. The summed E-state index contributed by atoms with van der Waals surface area (Å²) >= 11 is 0. The number of nitrogens with zero attached hydrogens (tertiary/aromatic N) is 6. The van der Waals surface area contributed by atoms with Crippen molar-refractivity contribution in [1.29, 1.82) is 10.5 Å². The molecule has 0 aliphatic heterocycles. The van der Waals surface area contributed by atoms with Gasteiger partial charge in [0.15, 0.2) is 17.5 Å². The van der Waals surface area contributed by atoms with Gasteiger partial charge in [0, 0.05) is 23.1 Å². The summed E-state index contributed by atoms with van der Waals surface area (Å²) < 4.78 is 9.78. The Hall–Kier alpha value is -4.38. The summed E-state index contributed by atoms with van der Waals surface area (Å²) in [5.74, 6) is -4.31. The van der Waals surface area contributed by atoms with Crippen molar-refractivity contribution in [2.45, 2.75) is 25.7 Å². The number of aromatic nitrogens is 2. The molecule has 2 rings (SSSR count). The number of rotatable bonds is 8. The van der Waals surface area contributed by atoms with Gasteiger partial charge in [-0.1, -0.05) is 0 Å². The van der Waals surface area contributed by atoms with Crippen LogP contribution in [0.3, 0.4) is 0 Å². The average molecular weight is 422 g/mol. The molecule has 158 valence electrons. The van der Waals surface area contributed by atoms with Gasteiger partial charge < -0.3 is 14.7 Å². The molecule has 0 fully saturated rings. The number of hydrogen-bond acceptors (Lipinski definition) is 10. The van der Waals surface area contributed by atoms with Crippen LogP contribution < -0.4 is 0 Å². The summed E-state index contributed by atoms with van der Waals surface area (Å²) in [6, 6.07) is 6.34. The molecule has 0 spiro atoms. The molecule has 0 aliphatic carbocycles. The monoisotopic (exact) mass is 422 g/mol. The van der Waals surface area contributed by atoms with Crippen LogP contribution >= 0.6 is 0 Å². The minimum Gasteiger partial charge on any atom is -0.594 e. The number of nitriles is 2. The summed E-state index contributed by atoms with van der Waals surface area (Å²) in [4.78, 5) is 32.1. The Labute approximate surface area is 177 Å². The molecule has 0 aromatic carbocycles. The zero-order chi connectivity index (χ0) is 22.8. The summed E-state index contributed by atoms with van der Waals surface area (Å²) in [7, 11) is 0. The molecule has 11 heteroatoms. The highest BCUT2D eigenvalue weighted by molar-refractivity contribution is 5.83. The minimum absolute atomic E-state index is 0.0439. The van der Waals surface area contributed by atoms with E-state index in [-0.39, 0.29) is 40.6 Å². The van der Waals surface area contributed by atoms with Gasteiger partial charge in [0.05, 0.1) is 37.1 Å². The Kier molecular flexibility index (Phi) is 8.11. The van der Waals surface area contributed by atoms with Crippen LogP contribution in [0.25, 0.3) is 0 Å². The lowest BCUT2D eigenvalue weighted by molar-refractivity contribution is -0.436. The maximum atomic E-state index is 12.8. The van der Waals surface area contributed by atoms with E-state index in [0.717, 1.165) is 6.20 Å². The molecule has 2 atom stereocenters. The first-order chi connectivity index (χ1) is 15.0. The third-order valence-electron chi connectivity index (χ3n) is 3.99. The zero-order valence-electron chi connectivity index (χ0n) is 16.8. The molecular formula is C20H18N6O5. The lowest BCUT2D eigenvalue weighted by Crippen LogP contribution is -2.16. The van der Waals surface area contributed by atoms with Crippen molar-refractivity contribution in [2.75, 3.05) is 13.2 Å². The average Bonchev–Trinajstić information content (AvgIpc) is 2.76. The number of carbonyl (C=O) groups excluding carboxylic acids is 2.